The van der Waals surface area contributed by atoms with Crippen LogP contribution in [0.5, 0.6) is 11.5 Å². The van der Waals surface area contributed by atoms with Crippen LogP contribution in [-0.4, -0.2) is 72.7 Å². The van der Waals surface area contributed by atoms with Gasteiger partial charge in [0.25, 0.3) is 15.9 Å². The summed E-state index contributed by atoms with van der Waals surface area (Å²) in [5.74, 6) is 0.472. The van der Waals surface area contributed by atoms with Crippen LogP contribution in [0.1, 0.15) is 10.4 Å². The molecule has 0 atom stereocenters. The Morgan fingerprint density at radius 3 is 2.31 bits per heavy atom. The average molecular weight is 501 g/mol. The fraction of sp³-hybridized carbons (Fsp3) is 0.320. The number of hydrogen-bond acceptors (Lipinski definition) is 7. The number of carbonyl (C=O) groups is 1. The third-order valence-electron chi connectivity index (χ3n) is 5.60. The zero-order valence-electron chi connectivity index (χ0n) is 20.1. The minimum Gasteiger partial charge on any atom is -0.493 e. The Kier molecular flexibility index (Phi) is 8.78. The van der Waals surface area contributed by atoms with Crippen molar-refractivity contribution in [1.29, 1.82) is 0 Å². The lowest BCUT2D eigenvalue weighted by Gasteiger charge is -2.31. The molecular weight excluding hydrogens is 468 g/mol. The third kappa shape index (κ3) is 6.14. The Hall–Kier alpha value is -3.50. The standard InChI is InChI=1S/C25H32N4O5S/c1-5-13-29(14-6-2)25(30)19-7-9-22(28-15-11-26-12-16-28)21(17-19)27-35(31,32)20-8-10-23(33-3)24(18-20)34-4/h5-10,17-18,26-27H,1-2,11-16H2,3-4H3. The lowest BCUT2D eigenvalue weighted by molar-refractivity contribution is 0.0791. The van der Waals surface area contributed by atoms with Crippen molar-refractivity contribution in [2.45, 2.75) is 4.90 Å². The topological polar surface area (TPSA) is 100 Å². The van der Waals surface area contributed by atoms with Crippen LogP contribution >= 0.6 is 0 Å². The van der Waals surface area contributed by atoms with E-state index in [1.807, 2.05) is 0 Å². The van der Waals surface area contributed by atoms with Gasteiger partial charge in [-0.2, -0.15) is 0 Å². The molecule has 1 saturated heterocycles. The summed E-state index contributed by atoms with van der Waals surface area (Å²) in [6.45, 7) is 11.1. The van der Waals surface area contributed by atoms with Gasteiger partial charge in [0.1, 0.15) is 0 Å². The number of nitrogens with zero attached hydrogens (tertiary/aromatic N) is 2. The van der Waals surface area contributed by atoms with Gasteiger partial charge in [-0.05, 0) is 30.3 Å². The number of hydrogen-bond donors (Lipinski definition) is 2. The van der Waals surface area contributed by atoms with Crippen LogP contribution in [0.2, 0.25) is 0 Å². The molecule has 1 fully saturated rings. The summed E-state index contributed by atoms with van der Waals surface area (Å²) in [4.78, 5) is 16.8. The number of amides is 1. The predicted octanol–water partition coefficient (Wildman–Crippen LogP) is 2.73. The molecule has 2 aromatic rings. The second kappa shape index (κ2) is 11.8. The number of rotatable bonds is 11. The molecule has 0 radical (unpaired) electrons. The highest BCUT2D eigenvalue weighted by Gasteiger charge is 2.23. The zero-order chi connectivity index (χ0) is 25.4. The molecule has 0 aliphatic carbocycles. The van der Waals surface area contributed by atoms with Gasteiger partial charge < -0.3 is 24.6 Å². The quantitative estimate of drug-likeness (QED) is 0.458. The first-order valence-corrected chi connectivity index (χ1v) is 12.7. The molecule has 1 aliphatic heterocycles. The van der Waals surface area contributed by atoms with Gasteiger partial charge in [-0.3, -0.25) is 9.52 Å². The van der Waals surface area contributed by atoms with Crippen molar-refractivity contribution in [2.75, 3.05) is 63.1 Å². The van der Waals surface area contributed by atoms with Crippen LogP contribution in [0, 0.1) is 0 Å². The van der Waals surface area contributed by atoms with E-state index in [1.165, 1.54) is 32.4 Å². The van der Waals surface area contributed by atoms with Gasteiger partial charge >= 0.3 is 0 Å². The van der Waals surface area contributed by atoms with E-state index in [0.717, 1.165) is 13.1 Å². The number of piperazine rings is 1. The van der Waals surface area contributed by atoms with E-state index in [9.17, 15) is 13.2 Å². The molecule has 35 heavy (non-hydrogen) atoms. The monoisotopic (exact) mass is 500 g/mol. The molecular formula is C25H32N4O5S. The van der Waals surface area contributed by atoms with Crippen molar-refractivity contribution in [1.82, 2.24) is 10.2 Å². The molecule has 10 heteroatoms. The van der Waals surface area contributed by atoms with Crippen molar-refractivity contribution >= 4 is 27.3 Å². The second-order valence-electron chi connectivity index (χ2n) is 7.88. The molecule has 9 nitrogen and oxygen atoms in total. The first-order valence-electron chi connectivity index (χ1n) is 11.2. The molecule has 1 heterocycles. The Bertz CT molecular complexity index is 1170. The Morgan fingerprint density at radius 1 is 1.06 bits per heavy atom. The molecule has 2 N–H and O–H groups in total. The van der Waals surface area contributed by atoms with Gasteiger partial charge in [-0.15, -0.1) is 13.2 Å². The van der Waals surface area contributed by atoms with Crippen LogP contribution in [0.3, 0.4) is 0 Å². The van der Waals surface area contributed by atoms with Crippen molar-refractivity contribution in [2.24, 2.45) is 0 Å². The fourth-order valence-corrected chi connectivity index (χ4v) is 4.93. The van der Waals surface area contributed by atoms with Gasteiger partial charge in [-0.1, -0.05) is 12.2 Å². The van der Waals surface area contributed by atoms with E-state index in [4.69, 9.17) is 9.47 Å². The first-order chi connectivity index (χ1) is 16.8. The van der Waals surface area contributed by atoms with E-state index in [2.05, 4.69) is 28.1 Å². The Morgan fingerprint density at radius 2 is 1.71 bits per heavy atom. The summed E-state index contributed by atoms with van der Waals surface area (Å²) in [5, 5.41) is 3.29. The maximum Gasteiger partial charge on any atom is 0.262 e. The molecule has 0 aromatic heterocycles. The normalized spacial score (nSPS) is 13.6. The minimum absolute atomic E-state index is 0.0121. The number of sulfonamides is 1. The summed E-state index contributed by atoms with van der Waals surface area (Å²) in [7, 11) is -1.08. The number of ether oxygens (including phenoxy) is 2. The Balaban J connectivity index is 2.03. The Labute approximate surface area is 207 Å². The molecule has 188 valence electrons. The fourth-order valence-electron chi connectivity index (χ4n) is 3.85. The van der Waals surface area contributed by atoms with Crippen molar-refractivity contribution in [3.63, 3.8) is 0 Å². The van der Waals surface area contributed by atoms with Gasteiger partial charge in [0, 0.05) is 50.9 Å². The maximum absolute atomic E-state index is 13.4. The number of carbonyl (C=O) groups excluding carboxylic acids is 1. The van der Waals surface area contributed by atoms with Crippen LogP contribution in [-0.2, 0) is 10.0 Å². The average Bonchev–Trinajstić information content (AvgIpc) is 2.88. The molecule has 1 amide bonds. The summed E-state index contributed by atoms with van der Waals surface area (Å²) < 4.78 is 39.9. The van der Waals surface area contributed by atoms with E-state index in [-0.39, 0.29) is 10.8 Å². The zero-order valence-corrected chi connectivity index (χ0v) is 20.9. The molecule has 0 bridgehead atoms. The van der Waals surface area contributed by atoms with Crippen molar-refractivity contribution in [3.8, 4) is 11.5 Å². The van der Waals surface area contributed by atoms with Crippen LogP contribution in [0.4, 0.5) is 11.4 Å². The first kappa shape index (κ1) is 26.1. The number of nitrogens with one attached hydrogen (secondary N) is 2. The lowest BCUT2D eigenvalue weighted by Crippen LogP contribution is -2.43. The summed E-state index contributed by atoms with van der Waals surface area (Å²) in [6.07, 6.45) is 3.27. The SMILES string of the molecule is C=CCN(CC=C)C(=O)c1ccc(N2CCNCC2)c(NS(=O)(=O)c2ccc(OC)c(OC)c2)c1. The van der Waals surface area contributed by atoms with Crippen LogP contribution < -0.4 is 24.4 Å². The van der Waals surface area contributed by atoms with Gasteiger partial charge in [-0.25, -0.2) is 8.42 Å². The lowest BCUT2D eigenvalue weighted by atomic mass is 10.1. The highest BCUT2D eigenvalue weighted by molar-refractivity contribution is 7.92. The highest BCUT2D eigenvalue weighted by atomic mass is 32.2. The number of methoxy groups -OCH3 is 2. The predicted molar refractivity (Wildman–Crippen MR) is 138 cm³/mol. The van der Waals surface area contributed by atoms with E-state index < -0.39 is 10.0 Å². The van der Waals surface area contributed by atoms with Gasteiger partial charge in [0.05, 0.1) is 30.5 Å². The summed E-state index contributed by atoms with van der Waals surface area (Å²) in [6, 6.07) is 9.46. The maximum atomic E-state index is 13.4. The summed E-state index contributed by atoms with van der Waals surface area (Å²) >= 11 is 0. The van der Waals surface area contributed by atoms with Crippen LogP contribution in [0.15, 0.2) is 66.6 Å². The van der Waals surface area contributed by atoms with Crippen molar-refractivity contribution < 1.29 is 22.7 Å². The second-order valence-corrected chi connectivity index (χ2v) is 9.56. The smallest absolute Gasteiger partial charge is 0.262 e. The molecule has 0 unspecified atom stereocenters. The molecule has 0 spiro atoms. The van der Waals surface area contributed by atoms with Crippen molar-refractivity contribution in [3.05, 3.63) is 67.3 Å². The largest absolute Gasteiger partial charge is 0.493 e. The van der Waals surface area contributed by atoms with E-state index in [0.29, 0.717) is 54.6 Å². The molecule has 1 aliphatic rings. The minimum atomic E-state index is -4.00. The third-order valence-corrected chi connectivity index (χ3v) is 6.96. The number of anilines is 2. The molecule has 3 rings (SSSR count). The molecule has 2 aromatic carbocycles. The number of benzene rings is 2. The molecule has 0 saturated carbocycles. The summed E-state index contributed by atoms with van der Waals surface area (Å²) in [5.41, 5.74) is 1.38. The van der Waals surface area contributed by atoms with Gasteiger partial charge in [0.2, 0.25) is 0 Å². The van der Waals surface area contributed by atoms with Crippen LogP contribution in [0.25, 0.3) is 0 Å². The highest BCUT2D eigenvalue weighted by Crippen LogP contribution is 2.33. The van der Waals surface area contributed by atoms with E-state index >= 15 is 0 Å². The van der Waals surface area contributed by atoms with E-state index in [1.54, 1.807) is 35.3 Å². The van der Waals surface area contributed by atoms with Gasteiger partial charge in [0.15, 0.2) is 11.5 Å².